The molecule has 0 bridgehead atoms. The molecule has 21 heavy (non-hydrogen) atoms. The van der Waals surface area contributed by atoms with E-state index in [1.807, 2.05) is 12.1 Å². The van der Waals surface area contributed by atoms with Crippen molar-refractivity contribution in [1.29, 1.82) is 0 Å². The summed E-state index contributed by atoms with van der Waals surface area (Å²) in [5, 5.41) is 3.57. The molecule has 1 rings (SSSR count). The lowest BCUT2D eigenvalue weighted by molar-refractivity contribution is 0.160. The summed E-state index contributed by atoms with van der Waals surface area (Å²) in [5.41, 5.74) is 0.880. The van der Waals surface area contributed by atoms with E-state index in [1.165, 1.54) is 0 Å². The van der Waals surface area contributed by atoms with E-state index in [0.29, 0.717) is 6.04 Å². The summed E-state index contributed by atoms with van der Waals surface area (Å²) in [6, 6.07) is 7.56. The van der Waals surface area contributed by atoms with Crippen molar-refractivity contribution >= 4 is 0 Å². The van der Waals surface area contributed by atoms with Crippen molar-refractivity contribution in [3.05, 3.63) is 35.6 Å². The van der Waals surface area contributed by atoms with E-state index in [1.54, 1.807) is 12.1 Å². The van der Waals surface area contributed by atoms with Crippen LogP contribution < -0.4 is 5.32 Å². The van der Waals surface area contributed by atoms with Gasteiger partial charge in [-0.2, -0.15) is 0 Å². The Kier molecular flexibility index (Phi) is 6.82. The lowest BCUT2D eigenvalue weighted by Crippen LogP contribution is -2.47. The van der Waals surface area contributed by atoms with E-state index in [-0.39, 0.29) is 17.4 Å². The van der Waals surface area contributed by atoms with Crippen LogP contribution in [0, 0.1) is 5.82 Å². The highest BCUT2D eigenvalue weighted by Crippen LogP contribution is 2.24. The van der Waals surface area contributed by atoms with Gasteiger partial charge in [0, 0.05) is 29.7 Å². The van der Waals surface area contributed by atoms with Gasteiger partial charge in [-0.25, -0.2) is 4.39 Å². The second kappa shape index (κ2) is 7.90. The van der Waals surface area contributed by atoms with Crippen molar-refractivity contribution in [3.8, 4) is 0 Å². The molecule has 0 heterocycles. The number of nitrogens with one attached hydrogen (secondary N) is 1. The van der Waals surface area contributed by atoms with Gasteiger partial charge in [0.15, 0.2) is 0 Å². The predicted molar refractivity (Wildman–Crippen MR) is 89.0 cm³/mol. The van der Waals surface area contributed by atoms with E-state index in [2.05, 4.69) is 51.9 Å². The molecule has 0 radical (unpaired) electrons. The van der Waals surface area contributed by atoms with Gasteiger partial charge in [0.1, 0.15) is 5.82 Å². The van der Waals surface area contributed by atoms with Gasteiger partial charge in [-0.1, -0.05) is 31.5 Å². The van der Waals surface area contributed by atoms with E-state index in [9.17, 15) is 4.39 Å². The fourth-order valence-electron chi connectivity index (χ4n) is 2.56. The average Bonchev–Trinajstić information content (AvgIpc) is 2.41. The molecular formula is C18H31FN2. The van der Waals surface area contributed by atoms with Crippen LogP contribution in [0.5, 0.6) is 0 Å². The number of benzene rings is 1. The van der Waals surface area contributed by atoms with Gasteiger partial charge in [0.2, 0.25) is 0 Å². The normalized spacial score (nSPS) is 15.2. The minimum Gasteiger partial charge on any atom is -0.311 e. The lowest BCUT2D eigenvalue weighted by Gasteiger charge is -2.35. The van der Waals surface area contributed by atoms with Crippen LogP contribution >= 0.6 is 0 Å². The summed E-state index contributed by atoms with van der Waals surface area (Å²) in [4.78, 5) is 2.29. The zero-order chi connectivity index (χ0) is 16.0. The molecule has 1 aromatic rings. The Balaban J connectivity index is 2.80. The number of nitrogens with zero attached hydrogens (tertiary/aromatic N) is 1. The first-order valence-electron chi connectivity index (χ1n) is 7.97. The molecule has 2 nitrogen and oxygen atoms in total. The summed E-state index contributed by atoms with van der Waals surface area (Å²) in [6.45, 7) is 11.7. The first kappa shape index (κ1) is 18.1. The molecule has 0 aromatic heterocycles. The Morgan fingerprint density at radius 2 is 1.86 bits per heavy atom. The molecule has 0 saturated carbocycles. The Labute approximate surface area is 129 Å². The SMILES string of the molecule is CCCC(CNC(C)(C)C)N(C)C(C)c1ccccc1F. The van der Waals surface area contributed by atoms with Crippen molar-refractivity contribution in [1.82, 2.24) is 10.2 Å². The highest BCUT2D eigenvalue weighted by Gasteiger charge is 2.23. The van der Waals surface area contributed by atoms with Crippen molar-refractivity contribution in [2.24, 2.45) is 0 Å². The molecule has 3 heteroatoms. The third-order valence-corrected chi connectivity index (χ3v) is 4.03. The van der Waals surface area contributed by atoms with Crippen molar-refractivity contribution in [2.45, 2.75) is 65.1 Å². The van der Waals surface area contributed by atoms with E-state index < -0.39 is 0 Å². The fraction of sp³-hybridized carbons (Fsp3) is 0.667. The lowest BCUT2D eigenvalue weighted by atomic mass is 10.0. The van der Waals surface area contributed by atoms with Crippen LogP contribution in [0.2, 0.25) is 0 Å². The van der Waals surface area contributed by atoms with Gasteiger partial charge in [-0.3, -0.25) is 4.90 Å². The number of hydrogen-bond donors (Lipinski definition) is 1. The van der Waals surface area contributed by atoms with Crippen molar-refractivity contribution < 1.29 is 4.39 Å². The van der Waals surface area contributed by atoms with Crippen LogP contribution in [-0.2, 0) is 0 Å². The molecule has 0 fully saturated rings. The smallest absolute Gasteiger partial charge is 0.127 e. The predicted octanol–water partition coefficient (Wildman–Crippen LogP) is 4.38. The Morgan fingerprint density at radius 3 is 2.38 bits per heavy atom. The third-order valence-electron chi connectivity index (χ3n) is 4.03. The van der Waals surface area contributed by atoms with Crippen LogP contribution in [0.25, 0.3) is 0 Å². The number of likely N-dealkylation sites (N-methyl/N-ethyl adjacent to an activating group) is 1. The molecular weight excluding hydrogens is 263 g/mol. The molecule has 0 aliphatic heterocycles. The number of rotatable bonds is 7. The van der Waals surface area contributed by atoms with Gasteiger partial charge in [0.05, 0.1) is 0 Å². The maximum Gasteiger partial charge on any atom is 0.127 e. The first-order valence-corrected chi connectivity index (χ1v) is 7.97. The largest absolute Gasteiger partial charge is 0.311 e. The zero-order valence-electron chi connectivity index (χ0n) is 14.4. The summed E-state index contributed by atoms with van der Waals surface area (Å²) in [6.07, 6.45) is 2.24. The minimum absolute atomic E-state index is 0.0736. The van der Waals surface area contributed by atoms with E-state index >= 15 is 0 Å². The Bertz CT molecular complexity index is 425. The minimum atomic E-state index is -0.115. The number of hydrogen-bond acceptors (Lipinski definition) is 2. The second-order valence-corrected chi connectivity index (χ2v) is 6.94. The maximum atomic E-state index is 14.0. The Hall–Kier alpha value is -0.930. The Morgan fingerprint density at radius 1 is 1.24 bits per heavy atom. The van der Waals surface area contributed by atoms with Crippen molar-refractivity contribution in [3.63, 3.8) is 0 Å². The molecule has 120 valence electrons. The van der Waals surface area contributed by atoms with E-state index in [0.717, 1.165) is 24.9 Å². The van der Waals surface area contributed by atoms with Gasteiger partial charge < -0.3 is 5.32 Å². The molecule has 1 N–H and O–H groups in total. The molecule has 0 saturated heterocycles. The zero-order valence-corrected chi connectivity index (χ0v) is 14.4. The molecule has 1 aromatic carbocycles. The van der Waals surface area contributed by atoms with Gasteiger partial charge in [0.25, 0.3) is 0 Å². The van der Waals surface area contributed by atoms with Crippen molar-refractivity contribution in [2.75, 3.05) is 13.6 Å². The molecule has 0 spiro atoms. The molecule has 2 atom stereocenters. The highest BCUT2D eigenvalue weighted by atomic mass is 19.1. The molecule has 0 aliphatic rings. The standard InChI is InChI=1S/C18H31FN2/c1-7-10-15(13-20-18(3,4)5)21(6)14(2)16-11-8-9-12-17(16)19/h8-9,11-12,14-15,20H,7,10,13H2,1-6H3. The average molecular weight is 294 g/mol. The van der Waals surface area contributed by atoms with Gasteiger partial charge in [-0.05, 0) is 47.2 Å². The number of halogens is 1. The fourth-order valence-corrected chi connectivity index (χ4v) is 2.56. The monoisotopic (exact) mass is 294 g/mol. The summed E-state index contributed by atoms with van der Waals surface area (Å²) in [5.74, 6) is -0.115. The van der Waals surface area contributed by atoms with Gasteiger partial charge in [-0.15, -0.1) is 0 Å². The van der Waals surface area contributed by atoms with Crippen LogP contribution in [0.4, 0.5) is 4.39 Å². The topological polar surface area (TPSA) is 15.3 Å². The summed E-state index contributed by atoms with van der Waals surface area (Å²) < 4.78 is 14.0. The second-order valence-electron chi connectivity index (χ2n) is 6.94. The first-order chi connectivity index (χ1) is 9.76. The van der Waals surface area contributed by atoms with Crippen LogP contribution in [0.15, 0.2) is 24.3 Å². The maximum absolute atomic E-state index is 14.0. The third kappa shape index (κ3) is 5.76. The molecule has 0 amide bonds. The summed E-state index contributed by atoms with van der Waals surface area (Å²) >= 11 is 0. The van der Waals surface area contributed by atoms with Crippen LogP contribution in [0.3, 0.4) is 0 Å². The highest BCUT2D eigenvalue weighted by molar-refractivity contribution is 5.20. The molecule has 0 aliphatic carbocycles. The molecule has 2 unspecified atom stereocenters. The summed E-state index contributed by atoms with van der Waals surface area (Å²) in [7, 11) is 2.10. The van der Waals surface area contributed by atoms with Crippen LogP contribution in [0.1, 0.15) is 59.1 Å². The van der Waals surface area contributed by atoms with E-state index in [4.69, 9.17) is 0 Å². The van der Waals surface area contributed by atoms with Crippen LogP contribution in [-0.4, -0.2) is 30.1 Å². The van der Waals surface area contributed by atoms with Gasteiger partial charge >= 0.3 is 0 Å². The quantitative estimate of drug-likeness (QED) is 0.803.